The smallest absolute Gasteiger partial charge is 0.258 e. The molecule has 0 aliphatic rings. The summed E-state index contributed by atoms with van der Waals surface area (Å²) >= 11 is 0. The number of amides is 1. The first-order valence-corrected chi connectivity index (χ1v) is 6.93. The van der Waals surface area contributed by atoms with Crippen LogP contribution in [-0.2, 0) is 6.54 Å². The number of rotatable bonds is 5. The molecule has 0 fully saturated rings. The van der Waals surface area contributed by atoms with Crippen molar-refractivity contribution in [1.29, 1.82) is 0 Å². The van der Waals surface area contributed by atoms with Gasteiger partial charge in [-0.15, -0.1) is 0 Å². The lowest BCUT2D eigenvalue weighted by atomic mass is 10.2. The summed E-state index contributed by atoms with van der Waals surface area (Å²) in [4.78, 5) is 14.3. The van der Waals surface area contributed by atoms with Gasteiger partial charge >= 0.3 is 0 Å². The van der Waals surface area contributed by atoms with E-state index in [-0.39, 0.29) is 12.5 Å². The van der Waals surface area contributed by atoms with Crippen LogP contribution < -0.4 is 16.0 Å². The molecule has 21 heavy (non-hydrogen) atoms. The Morgan fingerprint density at radius 1 is 1.38 bits per heavy atom. The van der Waals surface area contributed by atoms with Crippen LogP contribution in [0.2, 0.25) is 0 Å². The summed E-state index contributed by atoms with van der Waals surface area (Å²) in [7, 11) is 2.02. The van der Waals surface area contributed by atoms with Gasteiger partial charge in [-0.3, -0.25) is 4.79 Å². The van der Waals surface area contributed by atoms with E-state index in [1.807, 2.05) is 31.3 Å². The van der Waals surface area contributed by atoms with Crippen LogP contribution in [0.15, 0.2) is 41.0 Å². The van der Waals surface area contributed by atoms with Gasteiger partial charge < -0.3 is 20.4 Å². The number of benzene rings is 1. The minimum absolute atomic E-state index is 0.206. The second kappa shape index (κ2) is 6.45. The summed E-state index contributed by atoms with van der Waals surface area (Å²) in [6, 6.07) is 9.78. The summed E-state index contributed by atoms with van der Waals surface area (Å²) in [5.74, 6) is 0.385. The third kappa shape index (κ3) is 3.64. The molecule has 1 heterocycles. The van der Waals surface area contributed by atoms with Crippen molar-refractivity contribution < 1.29 is 9.21 Å². The second-order valence-corrected chi connectivity index (χ2v) is 5.21. The summed E-state index contributed by atoms with van der Waals surface area (Å²) < 4.78 is 5.17. The fraction of sp³-hybridized carbons (Fsp3) is 0.312. The van der Waals surface area contributed by atoms with Gasteiger partial charge in [0, 0.05) is 24.5 Å². The van der Waals surface area contributed by atoms with Crippen molar-refractivity contribution in [3.63, 3.8) is 0 Å². The third-order valence-electron chi connectivity index (χ3n) is 3.40. The first-order valence-electron chi connectivity index (χ1n) is 6.93. The molecule has 0 aliphatic heterocycles. The van der Waals surface area contributed by atoms with E-state index in [1.54, 1.807) is 6.07 Å². The highest BCUT2D eigenvalue weighted by Gasteiger charge is 2.11. The topological polar surface area (TPSA) is 71.5 Å². The fourth-order valence-electron chi connectivity index (χ4n) is 1.91. The molecule has 112 valence electrons. The number of hydrogen-bond acceptors (Lipinski definition) is 4. The van der Waals surface area contributed by atoms with E-state index in [2.05, 4.69) is 24.1 Å². The van der Waals surface area contributed by atoms with Crippen LogP contribution in [0.25, 0.3) is 0 Å². The molecule has 5 nitrogen and oxygen atoms in total. The monoisotopic (exact) mass is 287 g/mol. The van der Waals surface area contributed by atoms with Crippen LogP contribution in [0, 0.1) is 0 Å². The number of nitrogens with two attached hydrogens (primary N) is 1. The predicted molar refractivity (Wildman–Crippen MR) is 84.5 cm³/mol. The summed E-state index contributed by atoms with van der Waals surface area (Å²) in [6.07, 6.45) is 1.42. The van der Waals surface area contributed by atoms with Gasteiger partial charge in [0.1, 0.15) is 12.0 Å². The zero-order valence-electron chi connectivity index (χ0n) is 12.6. The Morgan fingerprint density at radius 2 is 2.14 bits per heavy atom. The molecule has 2 rings (SSSR count). The lowest BCUT2D eigenvalue weighted by Gasteiger charge is -2.24. The van der Waals surface area contributed by atoms with Crippen LogP contribution in [0.3, 0.4) is 0 Å². The van der Waals surface area contributed by atoms with Crippen molar-refractivity contribution in [2.45, 2.75) is 26.4 Å². The Morgan fingerprint density at radius 3 is 2.76 bits per heavy atom. The average molecular weight is 287 g/mol. The zero-order chi connectivity index (χ0) is 15.4. The van der Waals surface area contributed by atoms with Gasteiger partial charge in [-0.1, -0.05) is 6.07 Å². The Bertz CT molecular complexity index is 619. The molecule has 2 aromatic rings. The summed E-state index contributed by atoms with van der Waals surface area (Å²) in [5.41, 5.74) is 7.74. The van der Waals surface area contributed by atoms with Crippen LogP contribution in [-0.4, -0.2) is 19.0 Å². The van der Waals surface area contributed by atoms with Crippen LogP contribution in [0.1, 0.15) is 30.0 Å². The number of furan rings is 1. The van der Waals surface area contributed by atoms with E-state index in [0.717, 1.165) is 11.4 Å². The normalized spacial score (nSPS) is 10.7. The highest BCUT2D eigenvalue weighted by molar-refractivity contribution is 6.04. The van der Waals surface area contributed by atoms with Crippen molar-refractivity contribution in [2.75, 3.05) is 17.3 Å². The molecule has 0 saturated heterocycles. The highest BCUT2D eigenvalue weighted by atomic mass is 16.3. The van der Waals surface area contributed by atoms with E-state index in [1.165, 1.54) is 6.26 Å². The maximum Gasteiger partial charge on any atom is 0.258 e. The molecule has 5 heteroatoms. The molecule has 0 aliphatic carbocycles. The number of nitrogens with one attached hydrogen (secondary N) is 1. The van der Waals surface area contributed by atoms with Gasteiger partial charge in [0.2, 0.25) is 0 Å². The van der Waals surface area contributed by atoms with Gasteiger partial charge in [-0.25, -0.2) is 0 Å². The van der Waals surface area contributed by atoms with Gasteiger partial charge in [-0.2, -0.15) is 0 Å². The Kier molecular flexibility index (Phi) is 4.65. The van der Waals surface area contributed by atoms with Gasteiger partial charge in [-0.05, 0) is 38.1 Å². The molecule has 1 amide bonds. The van der Waals surface area contributed by atoms with Gasteiger partial charge in [0.15, 0.2) is 0 Å². The largest absolute Gasteiger partial charge is 0.467 e. The molecule has 0 atom stereocenters. The van der Waals surface area contributed by atoms with Gasteiger partial charge in [0.25, 0.3) is 5.91 Å². The van der Waals surface area contributed by atoms with E-state index in [4.69, 9.17) is 10.2 Å². The Hall–Kier alpha value is -2.27. The summed E-state index contributed by atoms with van der Waals surface area (Å²) in [6.45, 7) is 4.51. The lowest BCUT2D eigenvalue weighted by Crippen LogP contribution is -2.25. The van der Waals surface area contributed by atoms with Crippen molar-refractivity contribution in [3.8, 4) is 0 Å². The van der Waals surface area contributed by atoms with Crippen molar-refractivity contribution in [2.24, 2.45) is 5.73 Å². The minimum Gasteiger partial charge on any atom is -0.467 e. The molecule has 0 bridgehead atoms. The Balaban J connectivity index is 2.12. The number of nitrogens with zero attached hydrogens (tertiary/aromatic N) is 1. The molecule has 1 aromatic heterocycles. The number of carbonyl (C=O) groups excluding carboxylic acids is 1. The second-order valence-electron chi connectivity index (χ2n) is 5.21. The molecule has 1 aromatic carbocycles. The van der Waals surface area contributed by atoms with Crippen molar-refractivity contribution >= 4 is 17.3 Å². The SMILES string of the molecule is CC(C)N(C)c1cccc(NC(=O)c2coc(CN)c2)c1. The molecule has 0 unspecified atom stereocenters. The number of carbonyl (C=O) groups is 1. The van der Waals surface area contributed by atoms with Crippen LogP contribution >= 0.6 is 0 Å². The molecular weight excluding hydrogens is 266 g/mol. The van der Waals surface area contributed by atoms with E-state index in [9.17, 15) is 4.79 Å². The lowest BCUT2D eigenvalue weighted by molar-refractivity contribution is 0.102. The third-order valence-corrected chi connectivity index (χ3v) is 3.40. The quantitative estimate of drug-likeness (QED) is 0.887. The Labute approximate surface area is 124 Å². The van der Waals surface area contributed by atoms with Crippen LogP contribution in [0.4, 0.5) is 11.4 Å². The fourth-order valence-corrected chi connectivity index (χ4v) is 1.91. The zero-order valence-corrected chi connectivity index (χ0v) is 12.6. The maximum absolute atomic E-state index is 12.1. The highest BCUT2D eigenvalue weighted by Crippen LogP contribution is 2.21. The standard InChI is InChI=1S/C16H21N3O2/c1-11(2)19(3)14-6-4-5-13(8-14)18-16(20)12-7-15(9-17)21-10-12/h4-8,10-11H,9,17H2,1-3H3,(H,18,20). The van der Waals surface area contributed by atoms with E-state index >= 15 is 0 Å². The van der Waals surface area contributed by atoms with Crippen LogP contribution in [0.5, 0.6) is 0 Å². The number of hydrogen-bond donors (Lipinski definition) is 2. The first kappa shape index (κ1) is 15.1. The minimum atomic E-state index is -0.206. The first-order chi connectivity index (χ1) is 10.0. The molecule has 0 spiro atoms. The number of anilines is 2. The maximum atomic E-state index is 12.1. The predicted octanol–water partition coefficient (Wildman–Crippen LogP) is 2.84. The van der Waals surface area contributed by atoms with E-state index in [0.29, 0.717) is 17.4 Å². The summed E-state index contributed by atoms with van der Waals surface area (Å²) in [5, 5.41) is 2.86. The molecule has 0 radical (unpaired) electrons. The van der Waals surface area contributed by atoms with Crippen molar-refractivity contribution in [3.05, 3.63) is 47.9 Å². The molecular formula is C16H21N3O2. The molecule has 3 N–H and O–H groups in total. The van der Waals surface area contributed by atoms with E-state index < -0.39 is 0 Å². The van der Waals surface area contributed by atoms with Crippen molar-refractivity contribution in [1.82, 2.24) is 0 Å². The van der Waals surface area contributed by atoms with Gasteiger partial charge in [0.05, 0.1) is 12.1 Å². The molecule has 0 saturated carbocycles. The average Bonchev–Trinajstić information content (AvgIpc) is 2.95.